The molecular formula is C19H24N6OS2. The summed E-state index contributed by atoms with van der Waals surface area (Å²) in [6.07, 6.45) is 7.09. The summed E-state index contributed by atoms with van der Waals surface area (Å²) in [5, 5.41) is 9.95. The molecule has 1 aliphatic rings. The van der Waals surface area contributed by atoms with Crippen molar-refractivity contribution in [2.75, 3.05) is 18.1 Å². The van der Waals surface area contributed by atoms with Crippen LogP contribution in [0, 0.1) is 0 Å². The molecule has 4 rings (SSSR count). The van der Waals surface area contributed by atoms with E-state index in [1.54, 1.807) is 12.4 Å². The molecule has 0 radical (unpaired) electrons. The Labute approximate surface area is 172 Å². The van der Waals surface area contributed by atoms with Gasteiger partial charge in [-0.1, -0.05) is 18.9 Å². The Balaban J connectivity index is 1.55. The van der Waals surface area contributed by atoms with Crippen molar-refractivity contribution >= 4 is 45.9 Å². The fourth-order valence-electron chi connectivity index (χ4n) is 3.27. The van der Waals surface area contributed by atoms with E-state index in [9.17, 15) is 4.79 Å². The maximum atomic E-state index is 11.9. The molecule has 0 spiro atoms. The van der Waals surface area contributed by atoms with Gasteiger partial charge in [0.2, 0.25) is 0 Å². The number of aromatic amines is 1. The van der Waals surface area contributed by atoms with Crippen molar-refractivity contribution in [3.63, 3.8) is 0 Å². The Morgan fingerprint density at radius 2 is 2.25 bits per heavy atom. The van der Waals surface area contributed by atoms with Crippen LogP contribution < -0.4 is 15.4 Å². The Morgan fingerprint density at radius 3 is 3.04 bits per heavy atom. The first-order chi connectivity index (χ1) is 13.7. The lowest BCUT2D eigenvalue weighted by molar-refractivity contribution is 0.0959. The molecule has 0 saturated heterocycles. The van der Waals surface area contributed by atoms with E-state index in [1.165, 1.54) is 17.8 Å². The smallest absolute Gasteiger partial charge is 0.270 e. The summed E-state index contributed by atoms with van der Waals surface area (Å²) in [7, 11) is 1.61. The third-order valence-electron chi connectivity index (χ3n) is 4.82. The Morgan fingerprint density at radius 1 is 1.39 bits per heavy atom. The molecule has 1 amide bonds. The lowest BCUT2D eigenvalue weighted by atomic mass is 9.87. The maximum absolute atomic E-state index is 11.9. The molecule has 148 valence electrons. The van der Waals surface area contributed by atoms with Gasteiger partial charge in [0.15, 0.2) is 0 Å². The summed E-state index contributed by atoms with van der Waals surface area (Å²) in [4.78, 5) is 24.1. The van der Waals surface area contributed by atoms with Crippen LogP contribution in [0.4, 0.5) is 5.69 Å². The number of carbonyl (C=O) groups is 1. The molecule has 1 fully saturated rings. The molecule has 0 unspecified atom stereocenters. The Bertz CT molecular complexity index is 962. The second-order valence-corrected chi connectivity index (χ2v) is 8.67. The Hall–Kier alpha value is -2.10. The van der Waals surface area contributed by atoms with Crippen LogP contribution in [-0.2, 0) is 0 Å². The Kier molecular flexibility index (Phi) is 5.84. The van der Waals surface area contributed by atoms with Gasteiger partial charge in [0, 0.05) is 48.0 Å². The van der Waals surface area contributed by atoms with Crippen molar-refractivity contribution in [3.8, 4) is 10.6 Å². The highest BCUT2D eigenvalue weighted by Crippen LogP contribution is 2.37. The van der Waals surface area contributed by atoms with Crippen LogP contribution >= 0.6 is 23.3 Å². The minimum atomic E-state index is -0.176. The molecule has 0 bridgehead atoms. The molecule has 1 saturated carbocycles. The quantitative estimate of drug-likeness (QED) is 0.331. The van der Waals surface area contributed by atoms with Gasteiger partial charge < -0.3 is 15.6 Å². The molecule has 0 aliphatic heterocycles. The monoisotopic (exact) mass is 416 g/mol. The van der Waals surface area contributed by atoms with Crippen LogP contribution in [0.2, 0.25) is 0 Å². The van der Waals surface area contributed by atoms with Crippen LogP contribution in [0.1, 0.15) is 36.7 Å². The zero-order valence-electron chi connectivity index (χ0n) is 15.9. The maximum Gasteiger partial charge on any atom is 0.270 e. The van der Waals surface area contributed by atoms with Gasteiger partial charge in [-0.3, -0.25) is 9.52 Å². The van der Waals surface area contributed by atoms with Crippen LogP contribution in [0.25, 0.3) is 21.6 Å². The average Bonchev–Trinajstić information content (AvgIpc) is 3.34. The molecule has 1 aliphatic carbocycles. The number of nitrogens with one attached hydrogen (secondary N) is 4. The summed E-state index contributed by atoms with van der Waals surface area (Å²) in [5.41, 5.74) is 3.25. The van der Waals surface area contributed by atoms with E-state index >= 15 is 0 Å². The molecule has 0 atom stereocenters. The number of anilines is 1. The fourth-order valence-corrected chi connectivity index (χ4v) is 4.84. The van der Waals surface area contributed by atoms with E-state index in [1.807, 2.05) is 30.4 Å². The van der Waals surface area contributed by atoms with Crippen LogP contribution in [0.15, 0.2) is 23.8 Å². The summed E-state index contributed by atoms with van der Waals surface area (Å²) < 4.78 is 3.54. The number of hydrogen-bond donors (Lipinski definition) is 4. The number of amides is 1. The number of carbonyl (C=O) groups excluding carboxylic acids is 1. The van der Waals surface area contributed by atoms with Crippen molar-refractivity contribution in [2.45, 2.75) is 38.3 Å². The summed E-state index contributed by atoms with van der Waals surface area (Å²) in [6, 6.07) is 3.01. The van der Waals surface area contributed by atoms with Gasteiger partial charge in [0.05, 0.1) is 11.3 Å². The molecule has 4 N–H and O–H groups in total. The number of thiazole rings is 1. The van der Waals surface area contributed by atoms with Crippen LogP contribution in [-0.4, -0.2) is 45.7 Å². The van der Waals surface area contributed by atoms with Gasteiger partial charge in [0.1, 0.15) is 16.3 Å². The largest absolute Gasteiger partial charge is 0.381 e. The van der Waals surface area contributed by atoms with E-state index in [4.69, 9.17) is 0 Å². The molecule has 7 nitrogen and oxygen atoms in total. The second-order valence-electron chi connectivity index (χ2n) is 6.88. The summed E-state index contributed by atoms with van der Waals surface area (Å²) in [6.45, 7) is 2.20. The highest BCUT2D eigenvalue weighted by molar-refractivity contribution is 7.97. The van der Waals surface area contributed by atoms with Gasteiger partial charge in [-0.05, 0) is 25.3 Å². The highest BCUT2D eigenvalue weighted by atomic mass is 32.2. The second kappa shape index (κ2) is 8.50. The minimum Gasteiger partial charge on any atom is -0.381 e. The van der Waals surface area contributed by atoms with E-state index < -0.39 is 0 Å². The van der Waals surface area contributed by atoms with E-state index in [2.05, 4.69) is 37.2 Å². The molecule has 28 heavy (non-hydrogen) atoms. The molecular weight excluding hydrogens is 392 g/mol. The number of nitrogens with zero attached hydrogens (tertiary/aromatic N) is 2. The standard InChI is InChI=1S/C19H24N6OS2/c1-3-6-28-25-12-7-11(8-12)23-16-13-4-5-21-17(13)22-9-14(16)19-24-15(10-27-19)18(26)20-2/h4-5,9-12,25H,3,6-8H2,1-2H3,(H,20,26)(H2,21,22,23). The minimum absolute atomic E-state index is 0.176. The van der Waals surface area contributed by atoms with E-state index in [0.717, 1.165) is 45.9 Å². The number of hydrogen-bond acceptors (Lipinski definition) is 7. The number of fused-ring (bicyclic) bond motifs is 1. The topological polar surface area (TPSA) is 94.7 Å². The third-order valence-corrected chi connectivity index (χ3v) is 6.81. The lowest BCUT2D eigenvalue weighted by Crippen LogP contribution is -2.45. The summed E-state index contributed by atoms with van der Waals surface area (Å²) in [5.74, 6) is 0.968. The number of aromatic nitrogens is 3. The lowest BCUT2D eigenvalue weighted by Gasteiger charge is -2.37. The van der Waals surface area contributed by atoms with Gasteiger partial charge in [-0.2, -0.15) is 0 Å². The van der Waals surface area contributed by atoms with Crippen molar-refractivity contribution in [1.29, 1.82) is 0 Å². The predicted octanol–water partition coefficient (Wildman–Crippen LogP) is 3.64. The zero-order chi connectivity index (χ0) is 19.5. The number of rotatable bonds is 8. The average molecular weight is 417 g/mol. The summed E-state index contributed by atoms with van der Waals surface area (Å²) >= 11 is 3.28. The first-order valence-corrected chi connectivity index (χ1v) is 11.3. The molecule has 3 aromatic heterocycles. The number of H-pyrrole nitrogens is 1. The van der Waals surface area contributed by atoms with Gasteiger partial charge in [0.25, 0.3) is 5.91 Å². The van der Waals surface area contributed by atoms with E-state index in [0.29, 0.717) is 17.8 Å². The van der Waals surface area contributed by atoms with Gasteiger partial charge in [-0.25, -0.2) is 9.97 Å². The molecule has 3 heterocycles. The van der Waals surface area contributed by atoms with Crippen molar-refractivity contribution in [1.82, 2.24) is 25.0 Å². The third kappa shape index (κ3) is 3.87. The first kappa shape index (κ1) is 19.2. The first-order valence-electron chi connectivity index (χ1n) is 9.47. The van der Waals surface area contributed by atoms with Crippen LogP contribution in [0.5, 0.6) is 0 Å². The molecule has 0 aromatic carbocycles. The zero-order valence-corrected chi connectivity index (χ0v) is 17.5. The fraction of sp³-hybridized carbons (Fsp3) is 0.421. The van der Waals surface area contributed by atoms with Crippen molar-refractivity contribution < 1.29 is 4.79 Å². The number of pyridine rings is 1. The van der Waals surface area contributed by atoms with Gasteiger partial charge in [-0.15, -0.1) is 11.3 Å². The van der Waals surface area contributed by atoms with Gasteiger partial charge >= 0.3 is 0 Å². The SMILES string of the molecule is CCCSNC1CC(Nc2c(-c3nc(C(=O)NC)cs3)cnc3[nH]ccc23)C1. The highest BCUT2D eigenvalue weighted by Gasteiger charge is 2.30. The van der Waals surface area contributed by atoms with Crippen molar-refractivity contribution in [2.24, 2.45) is 0 Å². The predicted molar refractivity (Wildman–Crippen MR) is 117 cm³/mol. The van der Waals surface area contributed by atoms with Crippen molar-refractivity contribution in [3.05, 3.63) is 29.5 Å². The normalized spacial score (nSPS) is 18.8. The van der Waals surface area contributed by atoms with Crippen LogP contribution in [0.3, 0.4) is 0 Å². The molecule has 9 heteroatoms. The van der Waals surface area contributed by atoms with E-state index in [-0.39, 0.29) is 5.91 Å². The molecule has 3 aromatic rings.